The minimum absolute atomic E-state index is 0.150. The fraction of sp³-hybridized carbons (Fsp3) is 0.188. The first-order valence-corrected chi connectivity index (χ1v) is 6.89. The van der Waals surface area contributed by atoms with E-state index < -0.39 is 0 Å². The standard InChI is InChI=1S/C16H17ClN2O/c1-3-18-15-9-11(2)7-8-14(15)16(20)19-13-6-4-5-12(17)10-13/h4-10,18H,3H2,1-2H3,(H,19,20). The van der Waals surface area contributed by atoms with Crippen LogP contribution in [-0.2, 0) is 0 Å². The molecule has 2 N–H and O–H groups in total. The van der Waals surface area contributed by atoms with Gasteiger partial charge in [0.2, 0.25) is 0 Å². The summed E-state index contributed by atoms with van der Waals surface area (Å²) in [6, 6.07) is 12.8. The number of hydrogen-bond donors (Lipinski definition) is 2. The molecule has 2 aromatic carbocycles. The summed E-state index contributed by atoms with van der Waals surface area (Å²) in [5.41, 5.74) is 3.26. The van der Waals surface area contributed by atoms with E-state index in [1.54, 1.807) is 18.2 Å². The van der Waals surface area contributed by atoms with Crippen LogP contribution >= 0.6 is 11.6 Å². The highest BCUT2D eigenvalue weighted by Crippen LogP contribution is 2.20. The van der Waals surface area contributed by atoms with Gasteiger partial charge in [-0.05, 0) is 49.7 Å². The molecule has 4 heteroatoms. The number of hydrogen-bond acceptors (Lipinski definition) is 2. The van der Waals surface area contributed by atoms with Crippen molar-refractivity contribution in [3.8, 4) is 0 Å². The van der Waals surface area contributed by atoms with E-state index in [2.05, 4.69) is 10.6 Å². The molecule has 0 heterocycles. The molecule has 20 heavy (non-hydrogen) atoms. The molecule has 0 aromatic heterocycles. The molecule has 0 fully saturated rings. The van der Waals surface area contributed by atoms with Gasteiger partial charge in [-0.2, -0.15) is 0 Å². The normalized spacial score (nSPS) is 10.2. The van der Waals surface area contributed by atoms with Gasteiger partial charge in [0.05, 0.1) is 5.56 Å². The third-order valence-corrected chi connectivity index (χ3v) is 3.10. The van der Waals surface area contributed by atoms with Crippen molar-refractivity contribution in [1.29, 1.82) is 0 Å². The van der Waals surface area contributed by atoms with Gasteiger partial charge in [0.1, 0.15) is 0 Å². The van der Waals surface area contributed by atoms with Crippen LogP contribution in [0.15, 0.2) is 42.5 Å². The summed E-state index contributed by atoms with van der Waals surface area (Å²) in [7, 11) is 0. The van der Waals surface area contributed by atoms with E-state index in [1.807, 2.05) is 38.1 Å². The lowest BCUT2D eigenvalue weighted by Crippen LogP contribution is -2.15. The second kappa shape index (κ2) is 6.44. The highest BCUT2D eigenvalue weighted by Gasteiger charge is 2.11. The summed E-state index contributed by atoms with van der Waals surface area (Å²) >= 11 is 5.91. The number of aryl methyl sites for hydroxylation is 1. The molecule has 1 amide bonds. The Kier molecular flexibility index (Phi) is 4.64. The fourth-order valence-corrected chi connectivity index (χ4v) is 2.15. The molecule has 2 aromatic rings. The van der Waals surface area contributed by atoms with Crippen LogP contribution in [0.25, 0.3) is 0 Å². The molecular weight excluding hydrogens is 272 g/mol. The van der Waals surface area contributed by atoms with E-state index in [4.69, 9.17) is 11.6 Å². The lowest BCUT2D eigenvalue weighted by Gasteiger charge is -2.12. The van der Waals surface area contributed by atoms with Crippen LogP contribution in [-0.4, -0.2) is 12.5 Å². The van der Waals surface area contributed by atoms with E-state index in [1.165, 1.54) is 0 Å². The topological polar surface area (TPSA) is 41.1 Å². The SMILES string of the molecule is CCNc1cc(C)ccc1C(=O)Nc1cccc(Cl)c1. The molecule has 0 saturated carbocycles. The second-order valence-corrected chi connectivity index (χ2v) is 4.98. The average molecular weight is 289 g/mol. The number of anilines is 2. The smallest absolute Gasteiger partial charge is 0.257 e. The summed E-state index contributed by atoms with van der Waals surface area (Å²) in [5, 5.41) is 6.66. The number of carbonyl (C=O) groups excluding carboxylic acids is 1. The second-order valence-electron chi connectivity index (χ2n) is 4.54. The highest BCUT2D eigenvalue weighted by molar-refractivity contribution is 6.31. The van der Waals surface area contributed by atoms with E-state index in [0.29, 0.717) is 16.3 Å². The molecule has 0 bridgehead atoms. The van der Waals surface area contributed by atoms with Crippen molar-refractivity contribution in [3.63, 3.8) is 0 Å². The molecule has 0 radical (unpaired) electrons. The monoisotopic (exact) mass is 288 g/mol. The molecule has 3 nitrogen and oxygen atoms in total. The van der Waals surface area contributed by atoms with Crippen molar-refractivity contribution in [3.05, 3.63) is 58.6 Å². The molecule has 2 rings (SSSR count). The third kappa shape index (κ3) is 3.52. The quantitative estimate of drug-likeness (QED) is 0.879. The first-order chi connectivity index (χ1) is 9.60. The highest BCUT2D eigenvalue weighted by atomic mass is 35.5. The predicted octanol–water partition coefficient (Wildman–Crippen LogP) is 4.33. The molecular formula is C16H17ClN2O. The lowest BCUT2D eigenvalue weighted by atomic mass is 10.1. The number of amides is 1. The van der Waals surface area contributed by atoms with E-state index in [9.17, 15) is 4.79 Å². The molecule has 0 aliphatic rings. The summed E-state index contributed by atoms with van der Waals surface area (Å²) in [4.78, 5) is 12.3. The predicted molar refractivity (Wildman–Crippen MR) is 84.7 cm³/mol. The van der Waals surface area contributed by atoms with Crippen LogP contribution in [0.1, 0.15) is 22.8 Å². The maximum atomic E-state index is 12.3. The van der Waals surface area contributed by atoms with Gasteiger partial charge in [0.15, 0.2) is 0 Å². The number of carbonyl (C=O) groups is 1. The van der Waals surface area contributed by atoms with Gasteiger partial charge >= 0.3 is 0 Å². The summed E-state index contributed by atoms with van der Waals surface area (Å²) in [6.07, 6.45) is 0. The first kappa shape index (κ1) is 14.4. The average Bonchev–Trinajstić information content (AvgIpc) is 2.39. The van der Waals surface area contributed by atoms with Crippen LogP contribution in [0.4, 0.5) is 11.4 Å². The van der Waals surface area contributed by atoms with Gasteiger partial charge in [0.25, 0.3) is 5.91 Å². The number of rotatable bonds is 4. The van der Waals surface area contributed by atoms with E-state index in [0.717, 1.165) is 17.8 Å². The number of halogens is 1. The zero-order valence-corrected chi connectivity index (χ0v) is 12.3. The maximum absolute atomic E-state index is 12.3. The Morgan fingerprint density at radius 2 is 2.00 bits per heavy atom. The van der Waals surface area contributed by atoms with Gasteiger partial charge in [-0.25, -0.2) is 0 Å². The summed E-state index contributed by atoms with van der Waals surface area (Å²) in [6.45, 7) is 4.77. The Labute approximate surface area is 124 Å². The molecule has 0 aliphatic carbocycles. The summed E-state index contributed by atoms with van der Waals surface area (Å²) < 4.78 is 0. The van der Waals surface area contributed by atoms with Crippen LogP contribution in [0.2, 0.25) is 5.02 Å². The van der Waals surface area contributed by atoms with E-state index >= 15 is 0 Å². The molecule has 0 atom stereocenters. The minimum atomic E-state index is -0.150. The molecule has 0 spiro atoms. The Morgan fingerprint density at radius 1 is 1.20 bits per heavy atom. The van der Waals surface area contributed by atoms with Crippen LogP contribution < -0.4 is 10.6 Å². The largest absolute Gasteiger partial charge is 0.385 e. The third-order valence-electron chi connectivity index (χ3n) is 2.87. The van der Waals surface area contributed by atoms with Gasteiger partial charge < -0.3 is 10.6 Å². The van der Waals surface area contributed by atoms with E-state index in [-0.39, 0.29) is 5.91 Å². The van der Waals surface area contributed by atoms with Gasteiger partial charge in [-0.1, -0.05) is 23.7 Å². The van der Waals surface area contributed by atoms with Crippen molar-refractivity contribution >= 4 is 28.9 Å². The zero-order valence-electron chi connectivity index (χ0n) is 11.5. The number of nitrogens with one attached hydrogen (secondary N) is 2. The zero-order chi connectivity index (χ0) is 14.5. The fourth-order valence-electron chi connectivity index (χ4n) is 1.96. The molecule has 0 unspecified atom stereocenters. The Hall–Kier alpha value is -2.00. The van der Waals surface area contributed by atoms with Gasteiger partial charge in [0, 0.05) is 22.9 Å². The lowest BCUT2D eigenvalue weighted by molar-refractivity contribution is 0.102. The van der Waals surface area contributed by atoms with Crippen LogP contribution in [0, 0.1) is 6.92 Å². The van der Waals surface area contributed by atoms with Crippen molar-refractivity contribution < 1.29 is 4.79 Å². The first-order valence-electron chi connectivity index (χ1n) is 6.51. The maximum Gasteiger partial charge on any atom is 0.257 e. The minimum Gasteiger partial charge on any atom is -0.385 e. The molecule has 0 saturated heterocycles. The van der Waals surface area contributed by atoms with Crippen LogP contribution in [0.5, 0.6) is 0 Å². The Bertz CT molecular complexity index is 626. The van der Waals surface area contributed by atoms with Crippen molar-refractivity contribution in [2.45, 2.75) is 13.8 Å². The van der Waals surface area contributed by atoms with Gasteiger partial charge in [-0.15, -0.1) is 0 Å². The Balaban J connectivity index is 2.24. The van der Waals surface area contributed by atoms with Crippen molar-refractivity contribution in [2.75, 3.05) is 17.2 Å². The summed E-state index contributed by atoms with van der Waals surface area (Å²) in [5.74, 6) is -0.150. The Morgan fingerprint density at radius 3 is 2.70 bits per heavy atom. The van der Waals surface area contributed by atoms with Gasteiger partial charge in [-0.3, -0.25) is 4.79 Å². The van der Waals surface area contributed by atoms with Crippen LogP contribution in [0.3, 0.4) is 0 Å². The number of benzene rings is 2. The molecule has 0 aliphatic heterocycles. The van der Waals surface area contributed by atoms with Crippen molar-refractivity contribution in [2.24, 2.45) is 0 Å². The molecule has 104 valence electrons. The van der Waals surface area contributed by atoms with Crippen molar-refractivity contribution in [1.82, 2.24) is 0 Å².